The zero-order valence-corrected chi connectivity index (χ0v) is 9.84. The molecule has 1 fully saturated rings. The average molecular weight is 230 g/mol. The third kappa shape index (κ3) is 2.26. The van der Waals surface area contributed by atoms with E-state index in [0.29, 0.717) is 12.1 Å². The van der Waals surface area contributed by atoms with Gasteiger partial charge in [0.25, 0.3) is 0 Å². The van der Waals surface area contributed by atoms with E-state index < -0.39 is 0 Å². The van der Waals surface area contributed by atoms with Crippen LogP contribution in [0.2, 0.25) is 0 Å². The van der Waals surface area contributed by atoms with Crippen LogP contribution in [0.15, 0.2) is 37.2 Å². The SMILES string of the molecule is c1cn(C2CCCC2NCc2cc[nH]c2)cn1. The molecule has 0 aliphatic heterocycles. The minimum absolute atomic E-state index is 0.566. The van der Waals surface area contributed by atoms with Crippen LogP contribution >= 0.6 is 0 Å². The standard InChI is InChI=1S/C13H18N4/c1-2-12(16-9-11-4-5-14-8-11)13(3-1)17-7-6-15-10-17/h4-8,10,12-14,16H,1-3,9H2. The van der Waals surface area contributed by atoms with Gasteiger partial charge in [0.2, 0.25) is 0 Å². The van der Waals surface area contributed by atoms with Crippen LogP contribution < -0.4 is 5.32 Å². The smallest absolute Gasteiger partial charge is 0.0949 e. The molecule has 4 heteroatoms. The third-order valence-electron chi connectivity index (χ3n) is 3.62. The maximum Gasteiger partial charge on any atom is 0.0949 e. The summed E-state index contributed by atoms with van der Waals surface area (Å²) < 4.78 is 2.24. The minimum atomic E-state index is 0.566. The topological polar surface area (TPSA) is 45.6 Å². The molecule has 0 saturated heterocycles. The Morgan fingerprint density at radius 1 is 1.47 bits per heavy atom. The first kappa shape index (κ1) is 10.6. The minimum Gasteiger partial charge on any atom is -0.367 e. The molecule has 4 nitrogen and oxygen atoms in total. The van der Waals surface area contributed by atoms with Gasteiger partial charge in [-0.05, 0) is 30.9 Å². The second-order valence-electron chi connectivity index (χ2n) is 4.71. The van der Waals surface area contributed by atoms with Crippen LogP contribution in [0.5, 0.6) is 0 Å². The van der Waals surface area contributed by atoms with E-state index in [-0.39, 0.29) is 0 Å². The third-order valence-corrected chi connectivity index (χ3v) is 3.62. The van der Waals surface area contributed by atoms with Crippen LogP contribution in [0.1, 0.15) is 30.9 Å². The van der Waals surface area contributed by atoms with E-state index >= 15 is 0 Å². The Balaban J connectivity index is 1.62. The summed E-state index contributed by atoms with van der Waals surface area (Å²) in [5, 5.41) is 3.65. The number of aromatic nitrogens is 3. The highest BCUT2D eigenvalue weighted by Gasteiger charge is 2.27. The second-order valence-corrected chi connectivity index (χ2v) is 4.71. The number of nitrogens with one attached hydrogen (secondary N) is 2. The summed E-state index contributed by atoms with van der Waals surface area (Å²) in [5.74, 6) is 0. The molecule has 0 amide bonds. The lowest BCUT2D eigenvalue weighted by Gasteiger charge is -2.22. The molecule has 2 aromatic rings. The molecular weight excluding hydrogens is 212 g/mol. The molecule has 1 aliphatic carbocycles. The highest BCUT2D eigenvalue weighted by Crippen LogP contribution is 2.30. The van der Waals surface area contributed by atoms with Crippen molar-refractivity contribution in [2.45, 2.75) is 37.9 Å². The molecule has 2 N–H and O–H groups in total. The van der Waals surface area contributed by atoms with E-state index in [0.717, 1.165) is 6.54 Å². The van der Waals surface area contributed by atoms with E-state index in [1.54, 1.807) is 0 Å². The zero-order chi connectivity index (χ0) is 11.5. The Labute approximate surface area is 101 Å². The maximum absolute atomic E-state index is 4.14. The van der Waals surface area contributed by atoms with Crippen molar-refractivity contribution in [3.63, 3.8) is 0 Å². The molecule has 0 radical (unpaired) electrons. The van der Waals surface area contributed by atoms with Gasteiger partial charge >= 0.3 is 0 Å². The van der Waals surface area contributed by atoms with Gasteiger partial charge in [-0.25, -0.2) is 4.98 Å². The van der Waals surface area contributed by atoms with E-state index in [4.69, 9.17) is 0 Å². The van der Waals surface area contributed by atoms with Crippen molar-refractivity contribution in [1.82, 2.24) is 19.9 Å². The quantitative estimate of drug-likeness (QED) is 0.845. The molecule has 17 heavy (non-hydrogen) atoms. The zero-order valence-electron chi connectivity index (χ0n) is 9.84. The first-order valence-corrected chi connectivity index (χ1v) is 6.26. The number of H-pyrrole nitrogens is 1. The molecule has 90 valence electrons. The Bertz CT molecular complexity index is 432. The molecule has 2 atom stereocenters. The van der Waals surface area contributed by atoms with E-state index in [9.17, 15) is 0 Å². The lowest BCUT2D eigenvalue weighted by atomic mass is 10.1. The summed E-state index contributed by atoms with van der Waals surface area (Å²) in [6, 6.07) is 3.25. The lowest BCUT2D eigenvalue weighted by Crippen LogP contribution is -2.33. The fourth-order valence-corrected chi connectivity index (χ4v) is 2.72. The Hall–Kier alpha value is -1.55. The molecule has 0 spiro atoms. The Morgan fingerprint density at radius 2 is 2.47 bits per heavy atom. The van der Waals surface area contributed by atoms with Gasteiger partial charge in [0.15, 0.2) is 0 Å². The predicted molar refractivity (Wildman–Crippen MR) is 66.5 cm³/mol. The van der Waals surface area contributed by atoms with Gasteiger partial charge in [-0.15, -0.1) is 0 Å². The summed E-state index contributed by atoms with van der Waals surface area (Å²) in [5.41, 5.74) is 1.32. The number of imidazole rings is 1. The summed E-state index contributed by atoms with van der Waals surface area (Å²) in [7, 11) is 0. The van der Waals surface area contributed by atoms with Crippen molar-refractivity contribution < 1.29 is 0 Å². The normalized spacial score (nSPS) is 24.2. The highest BCUT2D eigenvalue weighted by atomic mass is 15.1. The van der Waals surface area contributed by atoms with Crippen molar-refractivity contribution in [1.29, 1.82) is 0 Å². The summed E-state index contributed by atoms with van der Waals surface area (Å²) >= 11 is 0. The second kappa shape index (κ2) is 4.75. The van der Waals surface area contributed by atoms with Crippen LogP contribution in [0.3, 0.4) is 0 Å². The fraction of sp³-hybridized carbons (Fsp3) is 0.462. The number of rotatable bonds is 4. The number of hydrogen-bond donors (Lipinski definition) is 2. The van der Waals surface area contributed by atoms with Gasteiger partial charge in [0.05, 0.1) is 6.33 Å². The largest absolute Gasteiger partial charge is 0.367 e. The van der Waals surface area contributed by atoms with Crippen molar-refractivity contribution in [2.24, 2.45) is 0 Å². The predicted octanol–water partition coefficient (Wildman–Crippen LogP) is 2.09. The van der Waals surface area contributed by atoms with Gasteiger partial charge in [-0.2, -0.15) is 0 Å². The van der Waals surface area contributed by atoms with Gasteiger partial charge in [-0.1, -0.05) is 0 Å². The average Bonchev–Trinajstić information content (AvgIpc) is 3.09. The Kier molecular flexibility index (Phi) is 2.96. The molecule has 1 saturated carbocycles. The fourth-order valence-electron chi connectivity index (χ4n) is 2.72. The number of nitrogens with zero attached hydrogens (tertiary/aromatic N) is 2. The van der Waals surface area contributed by atoms with Gasteiger partial charge in [-0.3, -0.25) is 0 Å². The van der Waals surface area contributed by atoms with Crippen LogP contribution in [-0.2, 0) is 6.54 Å². The molecule has 2 unspecified atom stereocenters. The summed E-state index contributed by atoms with van der Waals surface area (Å²) in [6.07, 6.45) is 13.7. The summed E-state index contributed by atoms with van der Waals surface area (Å²) in [4.78, 5) is 7.23. The van der Waals surface area contributed by atoms with E-state index in [2.05, 4.69) is 32.1 Å². The van der Waals surface area contributed by atoms with Crippen LogP contribution in [0.25, 0.3) is 0 Å². The molecule has 1 aliphatic rings. The molecule has 2 aromatic heterocycles. The van der Waals surface area contributed by atoms with Gasteiger partial charge in [0.1, 0.15) is 0 Å². The van der Waals surface area contributed by atoms with Gasteiger partial charge < -0.3 is 14.9 Å². The van der Waals surface area contributed by atoms with E-state index in [1.807, 2.05) is 24.9 Å². The van der Waals surface area contributed by atoms with Crippen LogP contribution in [0, 0.1) is 0 Å². The van der Waals surface area contributed by atoms with E-state index in [1.165, 1.54) is 24.8 Å². The van der Waals surface area contributed by atoms with Crippen LogP contribution in [0.4, 0.5) is 0 Å². The molecule has 3 rings (SSSR count). The molecular formula is C13H18N4. The number of aromatic amines is 1. The maximum atomic E-state index is 4.14. The van der Waals surface area contributed by atoms with Crippen LogP contribution in [-0.4, -0.2) is 20.6 Å². The van der Waals surface area contributed by atoms with Crippen molar-refractivity contribution in [3.05, 3.63) is 42.7 Å². The number of hydrogen-bond acceptors (Lipinski definition) is 2. The Morgan fingerprint density at radius 3 is 3.24 bits per heavy atom. The molecule has 0 aromatic carbocycles. The molecule has 0 bridgehead atoms. The van der Waals surface area contributed by atoms with Crippen molar-refractivity contribution in [2.75, 3.05) is 0 Å². The lowest BCUT2D eigenvalue weighted by molar-refractivity contribution is 0.390. The molecule has 2 heterocycles. The summed E-state index contributed by atoms with van der Waals surface area (Å²) in [6.45, 7) is 0.944. The first-order valence-electron chi connectivity index (χ1n) is 6.26. The van der Waals surface area contributed by atoms with Crippen molar-refractivity contribution in [3.8, 4) is 0 Å². The monoisotopic (exact) mass is 230 g/mol. The van der Waals surface area contributed by atoms with Gasteiger partial charge in [0, 0.05) is 43.4 Å². The highest BCUT2D eigenvalue weighted by molar-refractivity contribution is 5.08. The first-order chi connectivity index (χ1) is 8.43. The van der Waals surface area contributed by atoms with Crippen molar-refractivity contribution >= 4 is 0 Å².